The van der Waals surface area contributed by atoms with Crippen molar-refractivity contribution in [2.45, 2.75) is 26.6 Å². The fraction of sp³-hybridized carbons (Fsp3) is 0.240. The first-order valence-corrected chi connectivity index (χ1v) is 12.6. The molecule has 0 aliphatic rings. The number of hydrogen-bond donors (Lipinski definition) is 0. The SMILES string of the molecule is CCOP(=O)(Cc1ccc(C(=O)N(Cc2ccccc2)c2ccc(Cl)cc2)cc1)OCC. The van der Waals surface area contributed by atoms with Gasteiger partial charge in [-0.05, 0) is 61.4 Å². The molecule has 1 amide bonds. The summed E-state index contributed by atoms with van der Waals surface area (Å²) in [4.78, 5) is 15.1. The van der Waals surface area contributed by atoms with Gasteiger partial charge < -0.3 is 13.9 Å². The van der Waals surface area contributed by atoms with Crippen molar-refractivity contribution in [1.29, 1.82) is 0 Å². The van der Waals surface area contributed by atoms with Crippen molar-refractivity contribution in [3.8, 4) is 0 Å². The van der Waals surface area contributed by atoms with Crippen LogP contribution in [0.5, 0.6) is 0 Å². The lowest BCUT2D eigenvalue weighted by Crippen LogP contribution is -2.30. The molecular formula is C25H27ClNO4P. The summed E-state index contributed by atoms with van der Waals surface area (Å²) in [6.45, 7) is 4.61. The highest BCUT2D eigenvalue weighted by molar-refractivity contribution is 7.53. The van der Waals surface area contributed by atoms with E-state index in [0.717, 1.165) is 16.8 Å². The summed E-state index contributed by atoms with van der Waals surface area (Å²) in [5.41, 5.74) is 3.08. The highest BCUT2D eigenvalue weighted by Crippen LogP contribution is 2.51. The standard InChI is InChI=1S/C25H27ClNO4P/c1-3-30-32(29,31-4-2)19-21-10-12-22(13-11-21)25(28)27(18-20-8-6-5-7-9-20)24-16-14-23(26)15-17-24/h5-17H,3-4,18-19H2,1-2H3. The van der Waals surface area contributed by atoms with Gasteiger partial charge in [0.2, 0.25) is 0 Å². The molecule has 0 saturated carbocycles. The molecule has 0 heterocycles. The van der Waals surface area contributed by atoms with Crippen molar-refractivity contribution in [2.24, 2.45) is 0 Å². The Hall–Kier alpha value is -2.43. The van der Waals surface area contributed by atoms with Gasteiger partial charge in [0, 0.05) is 16.3 Å². The van der Waals surface area contributed by atoms with E-state index in [0.29, 0.717) is 30.3 Å². The Morgan fingerprint density at radius 2 is 1.44 bits per heavy atom. The van der Waals surface area contributed by atoms with E-state index in [-0.39, 0.29) is 12.1 Å². The lowest BCUT2D eigenvalue weighted by atomic mass is 10.1. The van der Waals surface area contributed by atoms with Crippen LogP contribution < -0.4 is 4.90 Å². The Labute approximate surface area is 194 Å². The van der Waals surface area contributed by atoms with E-state index >= 15 is 0 Å². The molecule has 0 N–H and O–H groups in total. The minimum atomic E-state index is -3.21. The molecule has 0 atom stereocenters. The van der Waals surface area contributed by atoms with Crippen molar-refractivity contribution in [2.75, 3.05) is 18.1 Å². The monoisotopic (exact) mass is 471 g/mol. The van der Waals surface area contributed by atoms with Crippen LogP contribution >= 0.6 is 19.2 Å². The molecule has 0 spiro atoms. The molecule has 32 heavy (non-hydrogen) atoms. The maximum atomic E-state index is 13.4. The summed E-state index contributed by atoms with van der Waals surface area (Å²) in [5, 5.41) is 0.609. The van der Waals surface area contributed by atoms with E-state index in [1.165, 1.54) is 0 Å². The molecule has 0 unspecified atom stereocenters. The summed E-state index contributed by atoms with van der Waals surface area (Å²) in [7, 11) is -3.21. The van der Waals surface area contributed by atoms with Gasteiger partial charge in [-0.25, -0.2) is 0 Å². The summed E-state index contributed by atoms with van der Waals surface area (Å²) >= 11 is 6.04. The Morgan fingerprint density at radius 1 is 0.844 bits per heavy atom. The van der Waals surface area contributed by atoms with Crippen LogP contribution in [0.3, 0.4) is 0 Å². The number of carbonyl (C=O) groups excluding carboxylic acids is 1. The summed E-state index contributed by atoms with van der Waals surface area (Å²) in [5.74, 6) is -0.138. The van der Waals surface area contributed by atoms with Crippen LogP contribution in [-0.2, 0) is 26.3 Å². The molecule has 3 rings (SSSR count). The van der Waals surface area contributed by atoms with Crippen molar-refractivity contribution in [3.63, 3.8) is 0 Å². The molecular weight excluding hydrogens is 445 g/mol. The molecule has 168 valence electrons. The van der Waals surface area contributed by atoms with E-state index in [1.807, 2.05) is 42.5 Å². The maximum Gasteiger partial charge on any atom is 0.335 e. The van der Waals surface area contributed by atoms with E-state index in [9.17, 15) is 9.36 Å². The normalized spacial score (nSPS) is 11.3. The molecule has 0 fully saturated rings. The molecule has 0 saturated heterocycles. The number of anilines is 1. The second-order valence-corrected chi connectivity index (χ2v) is 9.65. The zero-order valence-electron chi connectivity index (χ0n) is 18.2. The number of carbonyl (C=O) groups is 1. The highest BCUT2D eigenvalue weighted by atomic mass is 35.5. The minimum absolute atomic E-state index is 0.138. The summed E-state index contributed by atoms with van der Waals surface area (Å²) in [6, 6.07) is 24.1. The third-order valence-electron chi connectivity index (χ3n) is 4.80. The number of hydrogen-bond acceptors (Lipinski definition) is 4. The Morgan fingerprint density at radius 3 is 2.00 bits per heavy atom. The molecule has 0 bridgehead atoms. The third-order valence-corrected chi connectivity index (χ3v) is 7.10. The van der Waals surface area contributed by atoms with Crippen LogP contribution in [0.2, 0.25) is 5.02 Å². The largest absolute Gasteiger partial charge is 0.335 e. The molecule has 7 heteroatoms. The molecule has 0 aliphatic carbocycles. The number of benzene rings is 3. The average molecular weight is 472 g/mol. The second kappa shape index (κ2) is 11.4. The van der Waals surface area contributed by atoms with Gasteiger partial charge >= 0.3 is 7.60 Å². The average Bonchev–Trinajstić information content (AvgIpc) is 2.79. The van der Waals surface area contributed by atoms with E-state index in [4.69, 9.17) is 20.6 Å². The van der Waals surface area contributed by atoms with Gasteiger partial charge in [0.05, 0.1) is 25.9 Å². The predicted molar refractivity (Wildman–Crippen MR) is 129 cm³/mol. The minimum Gasteiger partial charge on any atom is -0.309 e. The van der Waals surface area contributed by atoms with Crippen molar-refractivity contribution in [1.82, 2.24) is 0 Å². The van der Waals surface area contributed by atoms with Gasteiger partial charge in [0.15, 0.2) is 0 Å². The van der Waals surface area contributed by atoms with E-state index in [1.54, 1.807) is 55.1 Å². The molecule has 0 aromatic heterocycles. The van der Waals surface area contributed by atoms with Crippen molar-refractivity contribution < 1.29 is 18.4 Å². The van der Waals surface area contributed by atoms with Crippen LogP contribution in [0, 0.1) is 0 Å². The number of rotatable bonds is 10. The van der Waals surface area contributed by atoms with Crippen LogP contribution in [0.25, 0.3) is 0 Å². The summed E-state index contributed by atoms with van der Waals surface area (Å²) < 4.78 is 23.5. The molecule has 3 aromatic rings. The van der Waals surface area contributed by atoms with Gasteiger partial charge in [0.1, 0.15) is 0 Å². The Bertz CT molecular complexity index is 1050. The van der Waals surface area contributed by atoms with Gasteiger partial charge in [0.25, 0.3) is 5.91 Å². The van der Waals surface area contributed by atoms with Gasteiger partial charge in [-0.3, -0.25) is 9.36 Å². The number of amides is 1. The van der Waals surface area contributed by atoms with Crippen LogP contribution in [0.15, 0.2) is 78.9 Å². The Kier molecular flexibility index (Phi) is 8.66. The lowest BCUT2D eigenvalue weighted by molar-refractivity contribution is 0.0985. The first kappa shape index (κ1) is 24.2. The maximum absolute atomic E-state index is 13.4. The molecule has 3 aromatic carbocycles. The van der Waals surface area contributed by atoms with Gasteiger partial charge in [-0.15, -0.1) is 0 Å². The van der Waals surface area contributed by atoms with E-state index < -0.39 is 7.60 Å². The van der Waals surface area contributed by atoms with Gasteiger partial charge in [-0.1, -0.05) is 54.1 Å². The highest BCUT2D eigenvalue weighted by Gasteiger charge is 2.24. The first-order chi connectivity index (χ1) is 15.4. The first-order valence-electron chi connectivity index (χ1n) is 10.5. The van der Waals surface area contributed by atoms with Crippen LogP contribution in [0.4, 0.5) is 5.69 Å². The fourth-order valence-electron chi connectivity index (χ4n) is 3.32. The smallest absolute Gasteiger partial charge is 0.309 e. The predicted octanol–water partition coefficient (Wildman–Crippen LogP) is 6.95. The quantitative estimate of drug-likeness (QED) is 0.300. The second-order valence-electron chi connectivity index (χ2n) is 7.15. The lowest BCUT2D eigenvalue weighted by Gasteiger charge is -2.23. The zero-order chi connectivity index (χ0) is 23.0. The number of nitrogens with zero attached hydrogens (tertiary/aromatic N) is 1. The van der Waals surface area contributed by atoms with Crippen molar-refractivity contribution in [3.05, 3.63) is 101 Å². The fourth-order valence-corrected chi connectivity index (χ4v) is 5.15. The Balaban J connectivity index is 1.84. The number of halogens is 1. The van der Waals surface area contributed by atoms with E-state index in [2.05, 4.69) is 0 Å². The van der Waals surface area contributed by atoms with Crippen LogP contribution in [0.1, 0.15) is 35.3 Å². The van der Waals surface area contributed by atoms with Crippen molar-refractivity contribution >= 4 is 30.8 Å². The van der Waals surface area contributed by atoms with Gasteiger partial charge in [-0.2, -0.15) is 0 Å². The third kappa shape index (κ3) is 6.54. The van der Waals surface area contributed by atoms with Crippen LogP contribution in [-0.4, -0.2) is 19.1 Å². The zero-order valence-corrected chi connectivity index (χ0v) is 19.9. The molecule has 5 nitrogen and oxygen atoms in total. The molecule has 0 radical (unpaired) electrons. The summed E-state index contributed by atoms with van der Waals surface area (Å²) in [6.07, 6.45) is 0.161. The molecule has 0 aliphatic heterocycles. The topological polar surface area (TPSA) is 55.8 Å².